The summed E-state index contributed by atoms with van der Waals surface area (Å²) in [6, 6.07) is 4.44. The van der Waals surface area contributed by atoms with E-state index in [9.17, 15) is 4.79 Å². The third kappa shape index (κ3) is 3.35. The summed E-state index contributed by atoms with van der Waals surface area (Å²) in [7, 11) is 0. The zero-order valence-corrected chi connectivity index (χ0v) is 12.6. The standard InChI is InChI=1S/C16H23N3O2/c1-2-15-12-19(16(20)21-15)14-5-8-18(9-6-14)11-13-4-3-7-17-10-13/h3-4,7,10,14-15H,2,5-6,8-9,11-12H2,1H3. The van der Waals surface area contributed by atoms with E-state index < -0.39 is 0 Å². The minimum atomic E-state index is -0.118. The Balaban J connectivity index is 1.50. The molecule has 0 aliphatic carbocycles. The lowest BCUT2D eigenvalue weighted by atomic mass is 10.0. The van der Waals surface area contributed by atoms with Gasteiger partial charge in [0.2, 0.25) is 0 Å². The maximum atomic E-state index is 11.9. The maximum Gasteiger partial charge on any atom is 0.410 e. The molecule has 0 bridgehead atoms. The predicted octanol–water partition coefficient (Wildman–Crippen LogP) is 2.28. The number of cyclic esters (lactones) is 1. The van der Waals surface area contributed by atoms with E-state index in [-0.39, 0.29) is 12.2 Å². The first kappa shape index (κ1) is 14.3. The Bertz CT molecular complexity index is 472. The predicted molar refractivity (Wildman–Crippen MR) is 79.8 cm³/mol. The number of hydrogen-bond acceptors (Lipinski definition) is 4. The minimum Gasteiger partial charge on any atom is -0.444 e. The van der Waals surface area contributed by atoms with Gasteiger partial charge in [-0.1, -0.05) is 13.0 Å². The molecule has 0 saturated carbocycles. The zero-order chi connectivity index (χ0) is 14.7. The van der Waals surface area contributed by atoms with Crippen LogP contribution >= 0.6 is 0 Å². The number of carbonyl (C=O) groups is 1. The molecule has 2 aliphatic heterocycles. The molecule has 2 aliphatic rings. The Morgan fingerprint density at radius 3 is 2.81 bits per heavy atom. The Labute approximate surface area is 125 Å². The molecule has 2 fully saturated rings. The first-order chi connectivity index (χ1) is 10.3. The van der Waals surface area contributed by atoms with Crippen LogP contribution < -0.4 is 0 Å². The van der Waals surface area contributed by atoms with Crippen LogP contribution in [0.3, 0.4) is 0 Å². The third-order valence-corrected chi connectivity index (χ3v) is 4.48. The molecule has 1 unspecified atom stereocenters. The average molecular weight is 289 g/mol. The molecule has 3 rings (SSSR count). The summed E-state index contributed by atoms with van der Waals surface area (Å²) in [6.45, 7) is 5.84. The summed E-state index contributed by atoms with van der Waals surface area (Å²) in [5.74, 6) is 0. The second-order valence-electron chi connectivity index (χ2n) is 5.93. The van der Waals surface area contributed by atoms with Gasteiger partial charge in [-0.15, -0.1) is 0 Å². The number of nitrogens with zero attached hydrogens (tertiary/aromatic N) is 3. The molecular weight excluding hydrogens is 266 g/mol. The van der Waals surface area contributed by atoms with Crippen LogP contribution in [-0.2, 0) is 11.3 Å². The molecule has 114 valence electrons. The number of hydrogen-bond donors (Lipinski definition) is 0. The quantitative estimate of drug-likeness (QED) is 0.853. The smallest absolute Gasteiger partial charge is 0.410 e. The van der Waals surface area contributed by atoms with Gasteiger partial charge >= 0.3 is 6.09 Å². The van der Waals surface area contributed by atoms with Gasteiger partial charge in [-0.25, -0.2) is 4.79 Å². The van der Waals surface area contributed by atoms with Gasteiger partial charge in [0, 0.05) is 38.1 Å². The van der Waals surface area contributed by atoms with Gasteiger partial charge in [-0.3, -0.25) is 9.88 Å². The van der Waals surface area contributed by atoms with Gasteiger partial charge in [-0.05, 0) is 30.9 Å². The molecule has 1 aromatic heterocycles. The largest absolute Gasteiger partial charge is 0.444 e. The van der Waals surface area contributed by atoms with Crippen molar-refractivity contribution in [3.63, 3.8) is 0 Å². The van der Waals surface area contributed by atoms with E-state index in [0.29, 0.717) is 6.04 Å². The SMILES string of the molecule is CCC1CN(C2CCN(Cc3cccnc3)CC2)C(=O)O1. The lowest BCUT2D eigenvalue weighted by Crippen LogP contribution is -2.45. The highest BCUT2D eigenvalue weighted by Gasteiger charge is 2.36. The van der Waals surface area contributed by atoms with Crippen molar-refractivity contribution in [2.45, 2.75) is 44.9 Å². The molecule has 1 aromatic rings. The maximum absolute atomic E-state index is 11.9. The van der Waals surface area contributed by atoms with Crippen LogP contribution in [0, 0.1) is 0 Å². The van der Waals surface area contributed by atoms with Gasteiger partial charge in [-0.2, -0.15) is 0 Å². The van der Waals surface area contributed by atoms with Crippen LogP contribution in [-0.4, -0.2) is 52.7 Å². The first-order valence-corrected chi connectivity index (χ1v) is 7.84. The van der Waals surface area contributed by atoms with Gasteiger partial charge in [0.1, 0.15) is 6.10 Å². The van der Waals surface area contributed by atoms with Crippen molar-refractivity contribution >= 4 is 6.09 Å². The van der Waals surface area contributed by atoms with Crippen molar-refractivity contribution in [2.75, 3.05) is 19.6 Å². The third-order valence-electron chi connectivity index (χ3n) is 4.48. The van der Waals surface area contributed by atoms with E-state index in [2.05, 4.69) is 22.9 Å². The molecule has 5 heteroatoms. The van der Waals surface area contributed by atoms with Gasteiger partial charge in [0.25, 0.3) is 0 Å². The molecule has 21 heavy (non-hydrogen) atoms. The van der Waals surface area contributed by atoms with Crippen LogP contribution in [0.1, 0.15) is 31.7 Å². The molecule has 0 radical (unpaired) electrons. The Kier molecular flexibility index (Phi) is 4.39. The topological polar surface area (TPSA) is 45.7 Å². The van der Waals surface area contributed by atoms with E-state index in [0.717, 1.165) is 45.4 Å². The van der Waals surface area contributed by atoms with Gasteiger partial charge in [0.05, 0.1) is 6.54 Å². The monoisotopic (exact) mass is 289 g/mol. The van der Waals surface area contributed by atoms with Crippen molar-refractivity contribution in [2.24, 2.45) is 0 Å². The molecular formula is C16H23N3O2. The average Bonchev–Trinajstić information content (AvgIpc) is 2.90. The number of likely N-dealkylation sites (tertiary alicyclic amines) is 1. The Morgan fingerprint density at radius 1 is 1.38 bits per heavy atom. The number of amides is 1. The molecule has 3 heterocycles. The van der Waals surface area contributed by atoms with E-state index in [1.54, 1.807) is 6.20 Å². The van der Waals surface area contributed by atoms with Crippen LogP contribution in [0.2, 0.25) is 0 Å². The van der Waals surface area contributed by atoms with Gasteiger partial charge in [0.15, 0.2) is 0 Å². The minimum absolute atomic E-state index is 0.0888. The fourth-order valence-electron chi connectivity index (χ4n) is 3.19. The first-order valence-electron chi connectivity index (χ1n) is 7.84. The van der Waals surface area contributed by atoms with E-state index in [1.165, 1.54) is 5.56 Å². The van der Waals surface area contributed by atoms with Crippen molar-refractivity contribution in [1.82, 2.24) is 14.8 Å². The number of aromatic nitrogens is 1. The van der Waals surface area contributed by atoms with Crippen molar-refractivity contribution in [3.8, 4) is 0 Å². The summed E-state index contributed by atoms with van der Waals surface area (Å²) >= 11 is 0. The molecule has 0 spiro atoms. The van der Waals surface area contributed by atoms with E-state index >= 15 is 0 Å². The highest BCUT2D eigenvalue weighted by atomic mass is 16.6. The molecule has 1 atom stereocenters. The summed E-state index contributed by atoms with van der Waals surface area (Å²) < 4.78 is 5.36. The molecule has 5 nitrogen and oxygen atoms in total. The zero-order valence-electron chi connectivity index (χ0n) is 12.6. The summed E-state index contributed by atoms with van der Waals surface area (Å²) in [5.41, 5.74) is 1.25. The number of ether oxygens (including phenoxy) is 1. The normalized spacial score (nSPS) is 24.3. The molecule has 1 amide bonds. The molecule has 0 N–H and O–H groups in total. The lowest BCUT2D eigenvalue weighted by Gasteiger charge is -2.35. The van der Waals surface area contributed by atoms with Crippen LogP contribution in [0.25, 0.3) is 0 Å². The number of piperidine rings is 1. The van der Waals surface area contributed by atoms with Crippen LogP contribution in [0.15, 0.2) is 24.5 Å². The number of carbonyl (C=O) groups excluding carboxylic acids is 1. The number of rotatable bonds is 4. The highest BCUT2D eigenvalue weighted by Crippen LogP contribution is 2.24. The summed E-state index contributed by atoms with van der Waals surface area (Å²) in [6.07, 6.45) is 6.67. The second kappa shape index (κ2) is 6.43. The van der Waals surface area contributed by atoms with Crippen molar-refractivity contribution in [1.29, 1.82) is 0 Å². The fourth-order valence-corrected chi connectivity index (χ4v) is 3.19. The molecule has 2 saturated heterocycles. The van der Waals surface area contributed by atoms with E-state index in [1.807, 2.05) is 17.2 Å². The van der Waals surface area contributed by atoms with Gasteiger partial charge < -0.3 is 9.64 Å². The number of pyridine rings is 1. The lowest BCUT2D eigenvalue weighted by molar-refractivity contribution is 0.109. The second-order valence-corrected chi connectivity index (χ2v) is 5.93. The fraction of sp³-hybridized carbons (Fsp3) is 0.625. The van der Waals surface area contributed by atoms with Crippen LogP contribution in [0.4, 0.5) is 4.79 Å². The Hall–Kier alpha value is -1.62. The van der Waals surface area contributed by atoms with E-state index in [4.69, 9.17) is 4.74 Å². The van der Waals surface area contributed by atoms with Crippen molar-refractivity contribution < 1.29 is 9.53 Å². The summed E-state index contributed by atoms with van der Waals surface area (Å²) in [4.78, 5) is 20.4. The molecule has 0 aromatic carbocycles. The van der Waals surface area contributed by atoms with Crippen molar-refractivity contribution in [3.05, 3.63) is 30.1 Å². The highest BCUT2D eigenvalue weighted by molar-refractivity contribution is 5.70. The summed E-state index contributed by atoms with van der Waals surface area (Å²) in [5, 5.41) is 0. The van der Waals surface area contributed by atoms with Crippen LogP contribution in [0.5, 0.6) is 0 Å². The Morgan fingerprint density at radius 2 is 2.19 bits per heavy atom.